The first-order chi connectivity index (χ1) is 28.3. The molecule has 0 saturated carbocycles. The van der Waals surface area contributed by atoms with Crippen molar-refractivity contribution in [1.82, 2.24) is 0 Å². The SMILES string of the molecule is NCc1ccccc1OP1(Oc2ccccc2)=NP(Oc2ccccc2CN)(Oc2ccccc2CN)=NP(Oc2ccccc2CN)(Oc2ccccc2CN)=N1. The van der Waals surface area contributed by atoms with Crippen molar-refractivity contribution < 1.29 is 27.1 Å². The van der Waals surface area contributed by atoms with Gasteiger partial charge < -0.3 is 55.8 Å². The van der Waals surface area contributed by atoms with E-state index in [0.29, 0.717) is 62.3 Å². The zero-order valence-electron chi connectivity index (χ0n) is 31.5. The first kappa shape index (κ1) is 40.8. The van der Waals surface area contributed by atoms with Crippen LogP contribution >= 0.6 is 23.0 Å². The number of hydrogen-bond acceptors (Lipinski definition) is 14. The quantitative estimate of drug-likeness (QED) is 0.0544. The molecule has 0 amide bonds. The molecule has 0 radical (unpaired) electrons. The van der Waals surface area contributed by atoms with Crippen LogP contribution in [-0.4, -0.2) is 0 Å². The minimum absolute atomic E-state index is 0.127. The fourth-order valence-electron chi connectivity index (χ4n) is 5.82. The smallest absolute Gasteiger partial charge is 0.413 e. The van der Waals surface area contributed by atoms with Crippen molar-refractivity contribution in [3.63, 3.8) is 0 Å². The van der Waals surface area contributed by atoms with Crippen molar-refractivity contribution in [3.05, 3.63) is 179 Å². The van der Waals surface area contributed by atoms with Crippen LogP contribution in [0.25, 0.3) is 0 Å². The second kappa shape index (κ2) is 18.5. The normalized spacial score (nSPS) is 16.4. The third-order valence-corrected chi connectivity index (χ3v) is 16.7. The summed E-state index contributed by atoms with van der Waals surface area (Å²) in [5.74, 6) is 2.12. The minimum atomic E-state index is -4.23. The predicted octanol–water partition coefficient (Wildman–Crippen LogP) is 9.61. The van der Waals surface area contributed by atoms with E-state index in [1.54, 1.807) is 42.5 Å². The molecular formula is C41H45N8O6P3. The third-order valence-electron chi connectivity index (χ3n) is 8.69. The van der Waals surface area contributed by atoms with Crippen LogP contribution in [-0.2, 0) is 32.7 Å². The molecule has 58 heavy (non-hydrogen) atoms. The van der Waals surface area contributed by atoms with Crippen molar-refractivity contribution in [2.75, 3.05) is 0 Å². The van der Waals surface area contributed by atoms with Crippen LogP contribution < -0.4 is 55.8 Å². The summed E-state index contributed by atoms with van der Waals surface area (Å²) in [4.78, 5) is 0. The van der Waals surface area contributed by atoms with Crippen molar-refractivity contribution in [2.24, 2.45) is 42.2 Å². The summed E-state index contributed by atoms with van der Waals surface area (Å²) in [6.07, 6.45) is 0. The van der Waals surface area contributed by atoms with E-state index >= 15 is 0 Å². The molecule has 0 fully saturated rings. The monoisotopic (exact) mass is 838 g/mol. The van der Waals surface area contributed by atoms with Crippen LogP contribution in [0.4, 0.5) is 0 Å². The number of nitrogens with zero attached hydrogens (tertiary/aromatic N) is 3. The molecule has 1 heterocycles. The van der Waals surface area contributed by atoms with Gasteiger partial charge in [0.2, 0.25) is 0 Å². The van der Waals surface area contributed by atoms with Crippen LogP contribution in [0.15, 0.2) is 165 Å². The van der Waals surface area contributed by atoms with Crippen LogP contribution in [0.2, 0.25) is 0 Å². The van der Waals surface area contributed by atoms with E-state index < -0.39 is 23.0 Å². The standard InChI is InChI=1S/C41H45N8O6P3/c42-26-31-14-4-9-21-37(31)51-56(50-36-19-2-1-3-20-36)47-57(52-38-22-10-5-15-32(38)27-43,53-39-23-11-6-16-33(39)28-44)49-58(48-56,54-40-24-12-7-17-34(40)29-45)55-41-25-13-8-18-35(41)30-46/h1-25H,26-30,42-46H2. The maximum atomic E-state index is 7.04. The summed E-state index contributed by atoms with van der Waals surface area (Å²) >= 11 is 0. The van der Waals surface area contributed by atoms with Gasteiger partial charge in [-0.15, -0.1) is 0 Å². The van der Waals surface area contributed by atoms with Gasteiger partial charge in [-0.1, -0.05) is 123 Å². The Morgan fingerprint density at radius 1 is 0.293 bits per heavy atom. The first-order valence-electron chi connectivity index (χ1n) is 18.4. The van der Waals surface area contributed by atoms with E-state index in [-0.39, 0.29) is 32.7 Å². The molecule has 0 aromatic heterocycles. The zero-order chi connectivity index (χ0) is 40.4. The number of benzene rings is 6. The Kier molecular flexibility index (Phi) is 13.0. The molecule has 0 saturated heterocycles. The van der Waals surface area contributed by atoms with Gasteiger partial charge in [-0.2, -0.15) is 0 Å². The topological polar surface area (TPSA) is 223 Å². The van der Waals surface area contributed by atoms with Gasteiger partial charge in [-0.05, 0) is 42.5 Å². The molecule has 6 aromatic rings. The lowest BCUT2D eigenvalue weighted by atomic mass is 10.2. The molecule has 1 atom stereocenters. The highest BCUT2D eigenvalue weighted by atomic mass is 31.3. The number of para-hydroxylation sites is 6. The fraction of sp³-hybridized carbons (Fsp3) is 0.122. The Morgan fingerprint density at radius 3 is 0.776 bits per heavy atom. The van der Waals surface area contributed by atoms with Crippen molar-refractivity contribution in [3.8, 4) is 34.5 Å². The summed E-state index contributed by atoms with van der Waals surface area (Å²) < 4.78 is 58.0. The molecular weight excluding hydrogens is 793 g/mol. The molecule has 14 nitrogen and oxygen atoms in total. The Bertz CT molecular complexity index is 2330. The van der Waals surface area contributed by atoms with Gasteiger partial charge in [0, 0.05) is 60.5 Å². The molecule has 7 rings (SSSR count). The van der Waals surface area contributed by atoms with Gasteiger partial charge in [0.05, 0.1) is 0 Å². The van der Waals surface area contributed by atoms with Gasteiger partial charge in [0.1, 0.15) is 34.5 Å². The molecule has 0 bridgehead atoms. The second-order valence-corrected chi connectivity index (χ2v) is 18.8. The van der Waals surface area contributed by atoms with Gasteiger partial charge in [-0.3, -0.25) is 0 Å². The summed E-state index contributed by atoms with van der Waals surface area (Å²) in [5.41, 5.74) is 34.7. The summed E-state index contributed by atoms with van der Waals surface area (Å²) in [6.45, 7) is 0.641. The maximum Gasteiger partial charge on any atom is 0.460 e. The van der Waals surface area contributed by atoms with E-state index in [1.807, 2.05) is 109 Å². The van der Waals surface area contributed by atoms with E-state index in [2.05, 4.69) is 0 Å². The summed E-state index contributed by atoms with van der Waals surface area (Å²) in [6, 6.07) is 45.4. The van der Waals surface area contributed by atoms with E-state index in [0.717, 1.165) is 0 Å². The molecule has 17 heteroatoms. The van der Waals surface area contributed by atoms with Crippen molar-refractivity contribution in [1.29, 1.82) is 0 Å². The van der Waals surface area contributed by atoms with Crippen molar-refractivity contribution in [2.45, 2.75) is 32.7 Å². The third kappa shape index (κ3) is 9.32. The van der Waals surface area contributed by atoms with Crippen LogP contribution in [0.3, 0.4) is 0 Å². The molecule has 1 aliphatic heterocycles. The highest BCUT2D eigenvalue weighted by Gasteiger charge is 2.49. The molecule has 0 aliphatic carbocycles. The summed E-state index contributed by atoms with van der Waals surface area (Å²) in [5, 5.41) is 0. The van der Waals surface area contributed by atoms with E-state index in [9.17, 15) is 0 Å². The second-order valence-electron chi connectivity index (χ2n) is 12.7. The summed E-state index contributed by atoms with van der Waals surface area (Å²) in [7, 11) is -12.6. The number of rotatable bonds is 17. The maximum absolute atomic E-state index is 7.04. The molecule has 1 unspecified atom stereocenters. The number of hydrogen-bond donors (Lipinski definition) is 5. The average molecular weight is 839 g/mol. The lowest BCUT2D eigenvalue weighted by molar-refractivity contribution is 0.438. The fourth-order valence-corrected chi connectivity index (χ4v) is 15.1. The van der Waals surface area contributed by atoms with Crippen molar-refractivity contribution >= 4 is 23.0 Å². The lowest BCUT2D eigenvalue weighted by Gasteiger charge is -2.34. The van der Waals surface area contributed by atoms with Gasteiger partial charge >= 0.3 is 23.0 Å². The average Bonchev–Trinajstić information content (AvgIpc) is 3.24. The molecule has 1 aliphatic rings. The van der Waals surface area contributed by atoms with Gasteiger partial charge in [0.25, 0.3) is 0 Å². The number of nitrogens with two attached hydrogens (primary N) is 5. The molecule has 10 N–H and O–H groups in total. The molecule has 0 spiro atoms. The Balaban J connectivity index is 1.64. The molecule has 6 aromatic carbocycles. The van der Waals surface area contributed by atoms with Gasteiger partial charge in [0.15, 0.2) is 0 Å². The minimum Gasteiger partial charge on any atom is -0.413 e. The first-order valence-corrected chi connectivity index (χ1v) is 23.0. The Morgan fingerprint density at radius 2 is 0.517 bits per heavy atom. The van der Waals surface area contributed by atoms with Gasteiger partial charge in [-0.25, -0.2) is 0 Å². The van der Waals surface area contributed by atoms with Crippen LogP contribution in [0, 0.1) is 0 Å². The Labute approximate surface area is 338 Å². The van der Waals surface area contributed by atoms with Crippen LogP contribution in [0.5, 0.6) is 34.5 Å². The Hall–Kier alpha value is -5.39. The van der Waals surface area contributed by atoms with E-state index in [1.165, 1.54) is 0 Å². The van der Waals surface area contributed by atoms with Crippen LogP contribution in [0.1, 0.15) is 27.8 Å². The highest BCUT2D eigenvalue weighted by Crippen LogP contribution is 2.79. The molecule has 300 valence electrons. The largest absolute Gasteiger partial charge is 0.460 e. The predicted molar refractivity (Wildman–Crippen MR) is 230 cm³/mol. The van der Waals surface area contributed by atoms with E-state index in [4.69, 9.17) is 69.4 Å². The zero-order valence-corrected chi connectivity index (χ0v) is 34.2. The highest BCUT2D eigenvalue weighted by molar-refractivity contribution is 7.79. The lowest BCUT2D eigenvalue weighted by Crippen LogP contribution is -2.14.